The number of rotatable bonds is 14. The monoisotopic (exact) mass is 411 g/mol. The molecule has 0 saturated carbocycles. The Hall–Kier alpha value is -0.290. The largest absolute Gasteiger partial charge is 0.394 e. The first-order valence-corrected chi connectivity index (χ1v) is 11.6. The molecule has 4 N–H and O–H groups in total. The lowest BCUT2D eigenvalue weighted by molar-refractivity contribution is -0.0724. The molecule has 27 heavy (non-hydrogen) atoms. The number of nitrogens with zero attached hydrogens (tertiary/aromatic N) is 1. The smallest absolute Gasteiger partial charge is 0.244 e. The third kappa shape index (κ3) is 6.92. The summed E-state index contributed by atoms with van der Waals surface area (Å²) < 4.78 is 32.8. The highest BCUT2D eigenvalue weighted by Crippen LogP contribution is 2.29. The van der Waals surface area contributed by atoms with Crippen LogP contribution in [0.5, 0.6) is 0 Å². The lowest BCUT2D eigenvalue weighted by Gasteiger charge is -2.27. The molecule has 0 aliphatic carbocycles. The van der Waals surface area contributed by atoms with Crippen LogP contribution in [-0.4, -0.2) is 82.7 Å². The van der Waals surface area contributed by atoms with E-state index in [-0.39, 0.29) is 0 Å². The summed E-state index contributed by atoms with van der Waals surface area (Å²) in [5.74, 6) is 0. The molecule has 0 aromatic heterocycles. The summed E-state index contributed by atoms with van der Waals surface area (Å²) >= 11 is 0. The predicted octanol–water partition coefficient (Wildman–Crippen LogP) is 0.579. The van der Waals surface area contributed by atoms with Crippen molar-refractivity contribution in [2.45, 2.75) is 95.1 Å². The fourth-order valence-corrected chi connectivity index (χ4v) is 5.13. The van der Waals surface area contributed by atoms with Crippen LogP contribution in [0.25, 0.3) is 0 Å². The quantitative estimate of drug-likeness (QED) is 0.308. The maximum absolute atomic E-state index is 13.1. The summed E-state index contributed by atoms with van der Waals surface area (Å²) in [5.41, 5.74) is -1.64. The summed E-state index contributed by atoms with van der Waals surface area (Å²) in [5, 5.41) is 39.0. The van der Waals surface area contributed by atoms with Gasteiger partial charge >= 0.3 is 0 Å². The van der Waals surface area contributed by atoms with Crippen LogP contribution in [0, 0.1) is 0 Å². The zero-order valence-corrected chi connectivity index (χ0v) is 17.4. The van der Waals surface area contributed by atoms with E-state index in [9.17, 15) is 23.7 Å². The number of aliphatic hydroxyl groups excluding tert-OH is 4. The fraction of sp³-hybridized carbons (Fsp3) is 1.00. The molecule has 1 rings (SSSR count). The number of ether oxygens (including phenoxy) is 1. The van der Waals surface area contributed by atoms with E-state index in [1.165, 1.54) is 4.31 Å². The Labute approximate surface area is 163 Å². The van der Waals surface area contributed by atoms with E-state index in [2.05, 4.69) is 13.8 Å². The number of hydrogen-bond donors (Lipinski definition) is 4. The maximum atomic E-state index is 13.1. The first-order chi connectivity index (χ1) is 12.8. The van der Waals surface area contributed by atoms with E-state index in [0.717, 1.165) is 51.4 Å². The van der Waals surface area contributed by atoms with E-state index in [1.54, 1.807) is 0 Å². The molecule has 0 spiro atoms. The SMILES string of the molecule is CCCCCCN(CCCCCC)S(=O)(=O)[C@@H]1O[C@@H]([C@@H](O)CO)[C@H](O)[C@H]1O. The standard InChI is InChI=1S/C18H37NO7S/c1-3-5-7-9-11-19(12-10-8-6-4-2)27(24,25)18-16(23)15(22)17(26-18)14(21)13-20/h14-18,20-23H,3-13H2,1-2H3/t14-,15+,16+,17-,18-/m0/s1. The van der Waals surface area contributed by atoms with Crippen LogP contribution in [0.15, 0.2) is 0 Å². The van der Waals surface area contributed by atoms with Gasteiger partial charge < -0.3 is 25.2 Å². The molecule has 0 aromatic carbocycles. The fourth-order valence-electron chi connectivity index (χ4n) is 3.28. The van der Waals surface area contributed by atoms with Crippen molar-refractivity contribution in [2.75, 3.05) is 19.7 Å². The van der Waals surface area contributed by atoms with Gasteiger partial charge in [0.25, 0.3) is 0 Å². The van der Waals surface area contributed by atoms with E-state index >= 15 is 0 Å². The van der Waals surface area contributed by atoms with Crippen LogP contribution in [0.2, 0.25) is 0 Å². The lowest BCUT2D eigenvalue weighted by atomic mass is 10.1. The minimum absolute atomic E-state index is 0.338. The van der Waals surface area contributed by atoms with Crippen molar-refractivity contribution in [1.29, 1.82) is 0 Å². The van der Waals surface area contributed by atoms with Crippen LogP contribution >= 0.6 is 0 Å². The first kappa shape index (κ1) is 24.7. The average Bonchev–Trinajstić information content (AvgIpc) is 2.95. The van der Waals surface area contributed by atoms with Gasteiger partial charge in [-0.3, -0.25) is 0 Å². The second-order valence-corrected chi connectivity index (χ2v) is 9.28. The molecule has 9 heteroatoms. The van der Waals surface area contributed by atoms with Crippen molar-refractivity contribution in [3.63, 3.8) is 0 Å². The first-order valence-electron chi connectivity index (χ1n) is 10.1. The predicted molar refractivity (Wildman–Crippen MR) is 103 cm³/mol. The molecule has 8 nitrogen and oxygen atoms in total. The third-order valence-electron chi connectivity index (χ3n) is 5.00. The molecule has 5 atom stereocenters. The molecule has 162 valence electrons. The summed E-state index contributed by atoms with van der Waals surface area (Å²) in [6.07, 6.45) is 1.35. The summed E-state index contributed by atoms with van der Waals surface area (Å²) in [6, 6.07) is 0. The Kier molecular flexibility index (Phi) is 11.3. The number of sulfonamides is 1. The zero-order valence-electron chi connectivity index (χ0n) is 16.5. The van der Waals surface area contributed by atoms with Crippen LogP contribution in [0.3, 0.4) is 0 Å². The molecule has 0 amide bonds. The Morgan fingerprint density at radius 2 is 1.44 bits per heavy atom. The molecule has 0 bridgehead atoms. The van der Waals surface area contributed by atoms with Gasteiger partial charge in [0, 0.05) is 13.1 Å². The van der Waals surface area contributed by atoms with Crippen molar-refractivity contribution in [2.24, 2.45) is 0 Å². The zero-order chi connectivity index (χ0) is 20.4. The average molecular weight is 412 g/mol. The topological polar surface area (TPSA) is 128 Å². The molecule has 1 saturated heterocycles. The second kappa shape index (κ2) is 12.3. The van der Waals surface area contributed by atoms with Crippen LogP contribution < -0.4 is 0 Å². The van der Waals surface area contributed by atoms with Gasteiger partial charge in [0.2, 0.25) is 15.5 Å². The van der Waals surface area contributed by atoms with Crippen molar-refractivity contribution >= 4 is 10.0 Å². The summed E-state index contributed by atoms with van der Waals surface area (Å²) in [4.78, 5) is 0. The third-order valence-corrected chi connectivity index (χ3v) is 7.06. The van der Waals surface area contributed by atoms with Crippen molar-refractivity contribution in [3.8, 4) is 0 Å². The Bertz CT molecular complexity index is 490. The lowest BCUT2D eigenvalue weighted by Crippen LogP contribution is -2.45. The van der Waals surface area contributed by atoms with Gasteiger partial charge in [0.15, 0.2) is 0 Å². The molecule has 1 aliphatic rings. The number of aliphatic hydroxyl groups is 4. The highest BCUT2D eigenvalue weighted by atomic mass is 32.2. The minimum Gasteiger partial charge on any atom is -0.394 e. The Morgan fingerprint density at radius 1 is 0.926 bits per heavy atom. The highest BCUT2D eigenvalue weighted by Gasteiger charge is 2.52. The van der Waals surface area contributed by atoms with Gasteiger partial charge in [-0.1, -0.05) is 52.4 Å². The molecule has 0 aromatic rings. The summed E-state index contributed by atoms with van der Waals surface area (Å²) in [6.45, 7) is 4.14. The second-order valence-electron chi connectivity index (χ2n) is 7.27. The molecule has 1 fully saturated rings. The molecule has 0 unspecified atom stereocenters. The van der Waals surface area contributed by atoms with Gasteiger partial charge in [0.05, 0.1) is 6.61 Å². The number of unbranched alkanes of at least 4 members (excludes halogenated alkanes) is 6. The van der Waals surface area contributed by atoms with Crippen molar-refractivity contribution in [1.82, 2.24) is 4.31 Å². The van der Waals surface area contributed by atoms with Crippen LogP contribution in [0.1, 0.15) is 65.2 Å². The minimum atomic E-state index is -4.02. The maximum Gasteiger partial charge on any atom is 0.244 e. The molecule has 1 aliphatic heterocycles. The molecular weight excluding hydrogens is 374 g/mol. The number of hydrogen-bond acceptors (Lipinski definition) is 7. The van der Waals surface area contributed by atoms with Gasteiger partial charge in [-0.05, 0) is 12.8 Å². The Morgan fingerprint density at radius 3 is 1.89 bits per heavy atom. The summed E-state index contributed by atoms with van der Waals surface area (Å²) in [7, 11) is -4.02. The van der Waals surface area contributed by atoms with Gasteiger partial charge in [-0.25, -0.2) is 8.42 Å². The van der Waals surface area contributed by atoms with Crippen molar-refractivity contribution < 1.29 is 33.6 Å². The van der Waals surface area contributed by atoms with E-state index in [1.807, 2.05) is 0 Å². The molecule has 0 radical (unpaired) electrons. The molecule has 1 heterocycles. The normalized spacial score (nSPS) is 27.4. The van der Waals surface area contributed by atoms with Crippen molar-refractivity contribution in [3.05, 3.63) is 0 Å². The van der Waals surface area contributed by atoms with Crippen LogP contribution in [0.4, 0.5) is 0 Å². The van der Waals surface area contributed by atoms with Gasteiger partial charge in [-0.2, -0.15) is 4.31 Å². The van der Waals surface area contributed by atoms with E-state index in [4.69, 9.17) is 9.84 Å². The van der Waals surface area contributed by atoms with Gasteiger partial charge in [-0.15, -0.1) is 0 Å². The van der Waals surface area contributed by atoms with Crippen LogP contribution in [-0.2, 0) is 14.8 Å². The van der Waals surface area contributed by atoms with E-state index < -0.39 is 46.5 Å². The van der Waals surface area contributed by atoms with Gasteiger partial charge in [0.1, 0.15) is 24.4 Å². The highest BCUT2D eigenvalue weighted by molar-refractivity contribution is 7.89. The van der Waals surface area contributed by atoms with E-state index in [0.29, 0.717) is 13.1 Å². The molecular formula is C18H37NO7S. The Balaban J connectivity index is 2.86.